The van der Waals surface area contributed by atoms with Crippen molar-refractivity contribution in [1.29, 1.82) is 0 Å². The van der Waals surface area contributed by atoms with Crippen molar-refractivity contribution in [3.63, 3.8) is 0 Å². The first-order valence-electron chi connectivity index (χ1n) is 11.5. The molecule has 1 N–H and O–H groups in total. The van der Waals surface area contributed by atoms with Crippen LogP contribution in [0.3, 0.4) is 0 Å². The number of carbonyl (C=O) groups is 1. The van der Waals surface area contributed by atoms with Crippen LogP contribution >= 0.6 is 11.6 Å². The molecule has 5 aromatic rings. The van der Waals surface area contributed by atoms with E-state index < -0.39 is 6.17 Å². The van der Waals surface area contributed by atoms with Crippen molar-refractivity contribution in [2.75, 3.05) is 17.3 Å². The molecule has 1 atom stereocenters. The largest absolute Gasteiger partial charge is 0.496 e. The summed E-state index contributed by atoms with van der Waals surface area (Å²) in [4.78, 5) is 15.5. The number of benzene rings is 4. The Balaban J connectivity index is 1.40. The molecule has 1 aliphatic heterocycles. The van der Waals surface area contributed by atoms with Gasteiger partial charge in [-0.25, -0.2) is 4.68 Å². The quantitative estimate of drug-likeness (QED) is 0.328. The van der Waals surface area contributed by atoms with Crippen LogP contribution in [-0.4, -0.2) is 28.0 Å². The minimum atomic E-state index is -0.400. The number of hydrogen-bond donors (Lipinski definition) is 1. The highest BCUT2D eigenvalue weighted by atomic mass is 35.5. The zero-order valence-electron chi connectivity index (χ0n) is 19.4. The zero-order valence-corrected chi connectivity index (χ0v) is 20.2. The first-order valence-corrected chi connectivity index (χ1v) is 11.9. The molecule has 1 aliphatic rings. The van der Waals surface area contributed by atoms with E-state index in [1.54, 1.807) is 36.3 Å². The van der Waals surface area contributed by atoms with E-state index in [1.165, 1.54) is 0 Å². The van der Waals surface area contributed by atoms with E-state index >= 15 is 0 Å². The van der Waals surface area contributed by atoms with Crippen LogP contribution in [0.1, 0.15) is 27.7 Å². The van der Waals surface area contributed by atoms with Crippen LogP contribution < -0.4 is 15.0 Å². The van der Waals surface area contributed by atoms with Gasteiger partial charge in [0.15, 0.2) is 0 Å². The van der Waals surface area contributed by atoms with Gasteiger partial charge in [-0.2, -0.15) is 0 Å². The molecule has 6 rings (SSSR count). The lowest BCUT2D eigenvalue weighted by Crippen LogP contribution is -2.34. The third-order valence-electron chi connectivity index (χ3n) is 6.38. The van der Waals surface area contributed by atoms with Gasteiger partial charge in [-0.3, -0.25) is 9.69 Å². The average Bonchev–Trinajstić information content (AvgIpc) is 3.50. The van der Waals surface area contributed by atoms with Crippen LogP contribution in [0.5, 0.6) is 5.75 Å². The fourth-order valence-corrected chi connectivity index (χ4v) is 4.76. The molecule has 1 amide bonds. The maximum atomic E-state index is 13.7. The van der Waals surface area contributed by atoms with E-state index in [4.69, 9.17) is 16.3 Å². The topological polar surface area (TPSA) is 72.3 Å². The van der Waals surface area contributed by atoms with Crippen LogP contribution in [0.15, 0.2) is 91.0 Å². The number of rotatable bonds is 5. The molecule has 1 unspecified atom stereocenters. The summed E-state index contributed by atoms with van der Waals surface area (Å²) in [7, 11) is 1.65. The smallest absolute Gasteiger partial charge is 0.260 e. The number of anilines is 2. The van der Waals surface area contributed by atoms with Gasteiger partial charge >= 0.3 is 0 Å². The van der Waals surface area contributed by atoms with Gasteiger partial charge in [-0.15, -0.1) is 5.10 Å². The van der Waals surface area contributed by atoms with E-state index in [0.717, 1.165) is 39.3 Å². The number of aromatic nitrogens is 3. The number of hydrogen-bond acceptors (Lipinski definition) is 5. The summed E-state index contributed by atoms with van der Waals surface area (Å²) in [5, 5.41) is 12.7. The van der Waals surface area contributed by atoms with Gasteiger partial charge in [-0.05, 0) is 66.2 Å². The van der Waals surface area contributed by atoms with Crippen molar-refractivity contribution in [3.05, 3.63) is 113 Å². The van der Waals surface area contributed by atoms with E-state index in [9.17, 15) is 4.79 Å². The van der Waals surface area contributed by atoms with Gasteiger partial charge < -0.3 is 10.1 Å². The average molecular weight is 496 g/mol. The number of halogens is 1. The second-order valence-corrected chi connectivity index (χ2v) is 8.99. The number of amides is 1. The zero-order chi connectivity index (χ0) is 24.6. The molecule has 0 fully saturated rings. The summed E-state index contributed by atoms with van der Waals surface area (Å²) in [6, 6.07) is 28.6. The number of para-hydroxylation sites is 3. The van der Waals surface area contributed by atoms with E-state index in [-0.39, 0.29) is 5.91 Å². The lowest BCUT2D eigenvalue weighted by Gasteiger charge is -2.26. The SMILES string of the molecule is COc1ccc(C2Nc3ccccc3N2C(=O)c2ccc(Cl)cc2)cc1Cn1nnc2ccccc21. The Hall–Kier alpha value is -4.36. The lowest BCUT2D eigenvalue weighted by atomic mass is 10.1. The number of nitrogens with zero attached hydrogens (tertiary/aromatic N) is 4. The third-order valence-corrected chi connectivity index (χ3v) is 6.64. The summed E-state index contributed by atoms with van der Waals surface area (Å²) in [5.41, 5.74) is 5.91. The molecule has 178 valence electrons. The summed E-state index contributed by atoms with van der Waals surface area (Å²) in [5.74, 6) is 0.623. The van der Waals surface area contributed by atoms with Crippen molar-refractivity contribution < 1.29 is 9.53 Å². The summed E-state index contributed by atoms with van der Waals surface area (Å²) in [6.07, 6.45) is -0.400. The Kier molecular flexibility index (Phi) is 5.54. The molecule has 0 spiro atoms. The predicted octanol–water partition coefficient (Wildman–Crippen LogP) is 5.91. The minimum absolute atomic E-state index is 0.117. The van der Waals surface area contributed by atoms with Crippen LogP contribution in [-0.2, 0) is 6.54 Å². The molecule has 8 heteroatoms. The van der Waals surface area contributed by atoms with Crippen molar-refractivity contribution in [2.24, 2.45) is 0 Å². The molecule has 1 aromatic heterocycles. The number of carbonyl (C=O) groups excluding carboxylic acids is 1. The predicted molar refractivity (Wildman–Crippen MR) is 141 cm³/mol. The standard InChI is InChI=1S/C28H22ClN5O2/c1-36-26-15-12-19(16-20(26)17-33-24-8-4-3-7-23(24)31-32-33)27-30-22-6-2-5-9-25(22)34(27)28(35)18-10-13-21(29)14-11-18/h2-16,27,30H,17H2,1H3. The highest BCUT2D eigenvalue weighted by Crippen LogP contribution is 2.42. The van der Waals surface area contributed by atoms with E-state index in [0.29, 0.717) is 17.1 Å². The fourth-order valence-electron chi connectivity index (χ4n) is 4.63. The maximum Gasteiger partial charge on any atom is 0.260 e. The van der Waals surface area contributed by atoms with Crippen molar-refractivity contribution in [2.45, 2.75) is 12.7 Å². The second-order valence-electron chi connectivity index (χ2n) is 8.55. The van der Waals surface area contributed by atoms with Crippen molar-refractivity contribution >= 4 is 39.9 Å². The first-order chi connectivity index (χ1) is 17.6. The number of fused-ring (bicyclic) bond motifs is 2. The molecule has 4 aromatic carbocycles. The molecule has 0 saturated carbocycles. The highest BCUT2D eigenvalue weighted by molar-refractivity contribution is 6.30. The molecule has 0 aliphatic carbocycles. The highest BCUT2D eigenvalue weighted by Gasteiger charge is 2.35. The molecular formula is C28H22ClN5O2. The van der Waals surface area contributed by atoms with Crippen LogP contribution in [0.25, 0.3) is 11.0 Å². The Labute approximate surface area is 212 Å². The normalized spacial score (nSPS) is 14.5. The number of ether oxygens (including phenoxy) is 1. The monoisotopic (exact) mass is 495 g/mol. The molecule has 0 saturated heterocycles. The second kappa shape index (κ2) is 9.02. The molecule has 36 heavy (non-hydrogen) atoms. The summed E-state index contributed by atoms with van der Waals surface area (Å²) >= 11 is 6.06. The summed E-state index contributed by atoms with van der Waals surface area (Å²) in [6.45, 7) is 0.475. The first kappa shape index (κ1) is 22.1. The third kappa shape index (κ3) is 3.83. The maximum absolute atomic E-state index is 13.7. The summed E-state index contributed by atoms with van der Waals surface area (Å²) < 4.78 is 7.52. The lowest BCUT2D eigenvalue weighted by molar-refractivity contribution is 0.0981. The van der Waals surface area contributed by atoms with Gasteiger partial charge in [0.2, 0.25) is 0 Å². The minimum Gasteiger partial charge on any atom is -0.496 e. The number of nitrogens with one attached hydrogen (secondary N) is 1. The molecule has 0 radical (unpaired) electrons. The van der Waals surface area contributed by atoms with Crippen LogP contribution in [0.4, 0.5) is 11.4 Å². The van der Waals surface area contributed by atoms with Gasteiger partial charge in [0.1, 0.15) is 17.4 Å². The number of methoxy groups -OCH3 is 1. The van der Waals surface area contributed by atoms with Gasteiger partial charge in [0, 0.05) is 16.1 Å². The van der Waals surface area contributed by atoms with E-state index in [1.807, 2.05) is 65.3 Å². The molecule has 2 heterocycles. The molecule has 0 bridgehead atoms. The Morgan fingerprint density at radius 3 is 2.61 bits per heavy atom. The van der Waals surface area contributed by atoms with Gasteiger partial charge in [0.05, 0.1) is 30.5 Å². The Morgan fingerprint density at radius 1 is 1.00 bits per heavy atom. The Morgan fingerprint density at radius 2 is 1.78 bits per heavy atom. The van der Waals surface area contributed by atoms with Crippen molar-refractivity contribution in [1.82, 2.24) is 15.0 Å². The Bertz CT molecular complexity index is 1580. The molecular weight excluding hydrogens is 474 g/mol. The van der Waals surface area contributed by atoms with E-state index in [2.05, 4.69) is 21.7 Å². The fraction of sp³-hybridized carbons (Fsp3) is 0.107. The van der Waals surface area contributed by atoms with Crippen LogP contribution in [0.2, 0.25) is 5.02 Å². The van der Waals surface area contributed by atoms with Gasteiger partial charge in [-0.1, -0.05) is 47.1 Å². The van der Waals surface area contributed by atoms with Crippen molar-refractivity contribution in [3.8, 4) is 5.75 Å². The van der Waals surface area contributed by atoms with Crippen LogP contribution in [0, 0.1) is 0 Å². The van der Waals surface area contributed by atoms with Gasteiger partial charge in [0.25, 0.3) is 5.91 Å². The molecule has 7 nitrogen and oxygen atoms in total.